The zero-order valence-electron chi connectivity index (χ0n) is 11.5. The molecule has 1 amide bonds. The predicted octanol–water partition coefficient (Wildman–Crippen LogP) is 3.67. The van der Waals surface area contributed by atoms with Gasteiger partial charge in [0, 0.05) is 16.6 Å². The number of carbonyl (C=O) groups is 1. The molecule has 0 aromatic heterocycles. The summed E-state index contributed by atoms with van der Waals surface area (Å²) in [7, 11) is 0. The lowest BCUT2D eigenvalue weighted by molar-refractivity contribution is -0.127. The average Bonchev–Trinajstić information content (AvgIpc) is 2.48. The van der Waals surface area contributed by atoms with Gasteiger partial charge in [-0.15, -0.1) is 0 Å². The van der Waals surface area contributed by atoms with E-state index in [1.54, 1.807) is 37.3 Å². The van der Waals surface area contributed by atoms with Crippen LogP contribution in [-0.2, 0) is 11.3 Å². The highest BCUT2D eigenvalue weighted by Crippen LogP contribution is 2.17. The zero-order chi connectivity index (χ0) is 15.2. The molecule has 0 saturated carbocycles. The highest BCUT2D eigenvalue weighted by molar-refractivity contribution is 9.10. The molecule has 3 nitrogen and oxygen atoms in total. The van der Waals surface area contributed by atoms with Crippen molar-refractivity contribution in [3.63, 3.8) is 0 Å². The summed E-state index contributed by atoms with van der Waals surface area (Å²) in [6.07, 6.45) is -0.655. The van der Waals surface area contributed by atoms with Crippen LogP contribution in [0.2, 0.25) is 0 Å². The number of hydrogen-bond acceptors (Lipinski definition) is 2. The number of ether oxygens (including phenoxy) is 1. The number of benzene rings is 2. The van der Waals surface area contributed by atoms with Gasteiger partial charge in [0.2, 0.25) is 0 Å². The highest BCUT2D eigenvalue weighted by Gasteiger charge is 2.14. The lowest BCUT2D eigenvalue weighted by Crippen LogP contribution is -2.36. The van der Waals surface area contributed by atoms with E-state index < -0.39 is 6.10 Å². The van der Waals surface area contributed by atoms with Gasteiger partial charge in [0.05, 0.1) is 0 Å². The van der Waals surface area contributed by atoms with Crippen LogP contribution in [-0.4, -0.2) is 12.0 Å². The first-order valence-electron chi connectivity index (χ1n) is 6.49. The van der Waals surface area contributed by atoms with Gasteiger partial charge in [-0.05, 0) is 37.3 Å². The molecule has 0 spiro atoms. The molecule has 0 bridgehead atoms. The first-order valence-corrected chi connectivity index (χ1v) is 7.29. The largest absolute Gasteiger partial charge is 0.481 e. The fraction of sp³-hybridized carbons (Fsp3) is 0.188. The van der Waals surface area contributed by atoms with Crippen molar-refractivity contribution >= 4 is 21.8 Å². The van der Waals surface area contributed by atoms with E-state index in [0.717, 1.165) is 4.47 Å². The second-order valence-electron chi connectivity index (χ2n) is 4.52. The Bertz CT molecular complexity index is 616. The summed E-state index contributed by atoms with van der Waals surface area (Å²) < 4.78 is 19.9. The minimum Gasteiger partial charge on any atom is -0.481 e. The van der Waals surface area contributed by atoms with Gasteiger partial charge >= 0.3 is 0 Å². The van der Waals surface area contributed by atoms with Gasteiger partial charge in [0.25, 0.3) is 5.91 Å². The van der Waals surface area contributed by atoms with E-state index >= 15 is 0 Å². The molecule has 0 aliphatic carbocycles. The Kier molecular flexibility index (Phi) is 5.33. The molecule has 2 aromatic carbocycles. The van der Waals surface area contributed by atoms with Gasteiger partial charge in [-0.25, -0.2) is 4.39 Å². The molecule has 110 valence electrons. The van der Waals surface area contributed by atoms with Crippen molar-refractivity contribution in [3.8, 4) is 5.75 Å². The van der Waals surface area contributed by atoms with Crippen LogP contribution in [0.25, 0.3) is 0 Å². The van der Waals surface area contributed by atoms with Gasteiger partial charge < -0.3 is 10.1 Å². The first kappa shape index (κ1) is 15.5. The summed E-state index contributed by atoms with van der Waals surface area (Å²) in [4.78, 5) is 11.9. The number of rotatable bonds is 5. The fourth-order valence-electron chi connectivity index (χ4n) is 1.74. The quantitative estimate of drug-likeness (QED) is 0.892. The maximum atomic E-state index is 13.4. The molecule has 0 fully saturated rings. The van der Waals surface area contributed by atoms with Crippen LogP contribution in [0.15, 0.2) is 53.0 Å². The fourth-order valence-corrected chi connectivity index (χ4v) is 2.00. The summed E-state index contributed by atoms with van der Waals surface area (Å²) in [5.41, 5.74) is 0.446. The lowest BCUT2D eigenvalue weighted by Gasteiger charge is -2.15. The van der Waals surface area contributed by atoms with Gasteiger partial charge in [-0.3, -0.25) is 4.79 Å². The molecule has 0 saturated heterocycles. The first-order chi connectivity index (χ1) is 10.1. The predicted molar refractivity (Wildman–Crippen MR) is 82.5 cm³/mol. The molecule has 21 heavy (non-hydrogen) atoms. The van der Waals surface area contributed by atoms with Gasteiger partial charge in [0.1, 0.15) is 11.6 Å². The second kappa shape index (κ2) is 7.22. The Morgan fingerprint density at radius 3 is 2.57 bits per heavy atom. The Hall–Kier alpha value is -1.88. The number of nitrogens with one attached hydrogen (secondary N) is 1. The van der Waals surface area contributed by atoms with Crippen molar-refractivity contribution in [2.45, 2.75) is 19.6 Å². The van der Waals surface area contributed by atoms with Gasteiger partial charge in [-0.1, -0.05) is 34.1 Å². The highest BCUT2D eigenvalue weighted by atomic mass is 79.9. The van der Waals surface area contributed by atoms with E-state index in [0.29, 0.717) is 11.3 Å². The van der Waals surface area contributed by atoms with E-state index in [2.05, 4.69) is 21.2 Å². The lowest BCUT2D eigenvalue weighted by atomic mass is 10.2. The number of hydrogen-bond donors (Lipinski definition) is 1. The SMILES string of the molecule is CC(Oc1ccc(Br)cc1)C(=O)NCc1ccccc1F. The maximum Gasteiger partial charge on any atom is 0.261 e. The smallest absolute Gasteiger partial charge is 0.261 e. The third kappa shape index (κ3) is 4.56. The third-order valence-electron chi connectivity index (χ3n) is 2.91. The molecule has 0 heterocycles. The van der Waals surface area contributed by atoms with Crippen molar-refractivity contribution in [2.24, 2.45) is 0 Å². The van der Waals surface area contributed by atoms with Crippen molar-refractivity contribution in [1.82, 2.24) is 5.32 Å². The summed E-state index contributed by atoms with van der Waals surface area (Å²) in [5.74, 6) is -0.0211. The van der Waals surface area contributed by atoms with E-state index in [-0.39, 0.29) is 18.3 Å². The van der Waals surface area contributed by atoms with Gasteiger partial charge in [0.15, 0.2) is 6.10 Å². The Labute approximate surface area is 131 Å². The molecule has 0 aliphatic rings. The molecular weight excluding hydrogens is 337 g/mol. The molecule has 1 unspecified atom stereocenters. The monoisotopic (exact) mass is 351 g/mol. The Morgan fingerprint density at radius 1 is 1.24 bits per heavy atom. The van der Waals surface area contributed by atoms with Crippen molar-refractivity contribution < 1.29 is 13.9 Å². The van der Waals surface area contributed by atoms with Crippen LogP contribution in [0.1, 0.15) is 12.5 Å². The van der Waals surface area contributed by atoms with E-state index in [1.165, 1.54) is 6.07 Å². The van der Waals surface area contributed by atoms with Crippen LogP contribution in [0.4, 0.5) is 4.39 Å². The van der Waals surface area contributed by atoms with Crippen LogP contribution >= 0.6 is 15.9 Å². The summed E-state index contributed by atoms with van der Waals surface area (Å²) >= 11 is 3.33. The normalized spacial score (nSPS) is 11.8. The molecule has 1 atom stereocenters. The van der Waals surface area contributed by atoms with Gasteiger partial charge in [-0.2, -0.15) is 0 Å². The van der Waals surface area contributed by atoms with Crippen molar-refractivity contribution in [1.29, 1.82) is 0 Å². The standard InChI is InChI=1S/C16H15BrFNO2/c1-11(21-14-8-6-13(17)7-9-14)16(20)19-10-12-4-2-3-5-15(12)18/h2-9,11H,10H2,1H3,(H,19,20). The molecule has 0 aliphatic heterocycles. The maximum absolute atomic E-state index is 13.4. The minimum absolute atomic E-state index is 0.138. The third-order valence-corrected chi connectivity index (χ3v) is 3.44. The van der Waals surface area contributed by atoms with Crippen molar-refractivity contribution in [2.75, 3.05) is 0 Å². The summed E-state index contributed by atoms with van der Waals surface area (Å²) in [6, 6.07) is 13.5. The molecule has 5 heteroatoms. The number of carbonyl (C=O) groups excluding carboxylic acids is 1. The van der Waals surface area contributed by atoms with Crippen LogP contribution in [0, 0.1) is 5.82 Å². The molecule has 1 N–H and O–H groups in total. The summed E-state index contributed by atoms with van der Waals surface area (Å²) in [5, 5.41) is 2.66. The van der Waals surface area contributed by atoms with E-state index in [9.17, 15) is 9.18 Å². The van der Waals surface area contributed by atoms with Crippen LogP contribution < -0.4 is 10.1 Å². The zero-order valence-corrected chi connectivity index (χ0v) is 13.1. The Morgan fingerprint density at radius 2 is 1.90 bits per heavy atom. The number of halogens is 2. The molecule has 2 rings (SSSR count). The van der Waals surface area contributed by atoms with E-state index in [1.807, 2.05) is 12.1 Å². The molecule has 2 aromatic rings. The molecule has 0 radical (unpaired) electrons. The average molecular weight is 352 g/mol. The van der Waals surface area contributed by atoms with Crippen molar-refractivity contribution in [3.05, 3.63) is 64.4 Å². The topological polar surface area (TPSA) is 38.3 Å². The molecular formula is C16H15BrFNO2. The second-order valence-corrected chi connectivity index (χ2v) is 5.44. The van der Waals surface area contributed by atoms with Crippen LogP contribution in [0.5, 0.6) is 5.75 Å². The van der Waals surface area contributed by atoms with Crippen LogP contribution in [0.3, 0.4) is 0 Å². The Balaban J connectivity index is 1.88. The summed E-state index contributed by atoms with van der Waals surface area (Å²) in [6.45, 7) is 1.79. The minimum atomic E-state index is -0.655. The van der Waals surface area contributed by atoms with E-state index in [4.69, 9.17) is 4.74 Å². The number of amides is 1.